The first kappa shape index (κ1) is 22.1. The molecule has 1 fully saturated rings. The standard InChI is InChI=1S/C24H27N5O2S/c1-17-10-11-20(14-18(17)2)29-23(19-8-4-3-5-9-19)26-27-24(29)32-16-21(30)25-15-22(31)28-12-6-7-13-28/h3-5,8-11,14H,6-7,12-13,15-16H2,1-2H3,(H,25,30). The average Bonchev–Trinajstić information content (AvgIpc) is 3.49. The Hall–Kier alpha value is -3.13. The Morgan fingerprint density at radius 3 is 2.47 bits per heavy atom. The van der Waals surface area contributed by atoms with Gasteiger partial charge in [0.25, 0.3) is 0 Å². The van der Waals surface area contributed by atoms with Gasteiger partial charge in [0.2, 0.25) is 11.8 Å². The number of aryl methyl sites for hydroxylation is 2. The zero-order valence-electron chi connectivity index (χ0n) is 18.4. The molecule has 0 aliphatic carbocycles. The molecular formula is C24H27N5O2S. The summed E-state index contributed by atoms with van der Waals surface area (Å²) in [7, 11) is 0. The SMILES string of the molecule is Cc1ccc(-n2c(SCC(=O)NCC(=O)N3CCCC3)nnc2-c2ccccc2)cc1C. The molecule has 3 aromatic rings. The molecule has 4 rings (SSSR count). The fourth-order valence-corrected chi connectivity index (χ4v) is 4.45. The van der Waals surface area contributed by atoms with Gasteiger partial charge in [-0.1, -0.05) is 48.2 Å². The van der Waals surface area contributed by atoms with Crippen molar-refractivity contribution >= 4 is 23.6 Å². The van der Waals surface area contributed by atoms with Crippen LogP contribution in [0.1, 0.15) is 24.0 Å². The molecule has 1 aliphatic rings. The number of carbonyl (C=O) groups excluding carboxylic acids is 2. The minimum Gasteiger partial charge on any atom is -0.346 e. The minimum absolute atomic E-state index is 0.0227. The van der Waals surface area contributed by atoms with E-state index in [2.05, 4.69) is 41.5 Å². The van der Waals surface area contributed by atoms with Gasteiger partial charge in [0.1, 0.15) is 0 Å². The molecule has 1 aromatic heterocycles. The maximum atomic E-state index is 12.4. The van der Waals surface area contributed by atoms with Crippen LogP contribution in [-0.2, 0) is 9.59 Å². The minimum atomic E-state index is -0.196. The lowest BCUT2D eigenvalue weighted by molar-refractivity contribution is -0.131. The molecule has 2 heterocycles. The number of likely N-dealkylation sites (tertiary alicyclic amines) is 1. The van der Waals surface area contributed by atoms with Crippen LogP contribution in [0.15, 0.2) is 53.7 Å². The highest BCUT2D eigenvalue weighted by molar-refractivity contribution is 7.99. The second-order valence-electron chi connectivity index (χ2n) is 7.93. The smallest absolute Gasteiger partial charge is 0.241 e. The highest BCUT2D eigenvalue weighted by Crippen LogP contribution is 2.28. The van der Waals surface area contributed by atoms with Crippen LogP contribution < -0.4 is 5.32 Å². The normalized spacial score (nSPS) is 13.4. The second-order valence-corrected chi connectivity index (χ2v) is 8.87. The Labute approximate surface area is 192 Å². The molecule has 1 aliphatic heterocycles. The summed E-state index contributed by atoms with van der Waals surface area (Å²) in [6, 6.07) is 16.1. The number of nitrogens with one attached hydrogen (secondary N) is 1. The van der Waals surface area contributed by atoms with Gasteiger partial charge in [-0.05, 0) is 49.9 Å². The molecule has 8 heteroatoms. The number of hydrogen-bond donors (Lipinski definition) is 1. The van der Waals surface area contributed by atoms with Gasteiger partial charge in [-0.25, -0.2) is 0 Å². The van der Waals surface area contributed by atoms with E-state index in [4.69, 9.17) is 0 Å². The molecule has 0 atom stereocenters. The summed E-state index contributed by atoms with van der Waals surface area (Å²) in [5.74, 6) is 0.662. The highest BCUT2D eigenvalue weighted by atomic mass is 32.2. The molecule has 0 unspecified atom stereocenters. The van der Waals surface area contributed by atoms with E-state index >= 15 is 0 Å². The lowest BCUT2D eigenvalue weighted by atomic mass is 10.1. The summed E-state index contributed by atoms with van der Waals surface area (Å²) >= 11 is 1.31. The number of aromatic nitrogens is 3. The number of amides is 2. The summed E-state index contributed by atoms with van der Waals surface area (Å²) < 4.78 is 1.98. The summed E-state index contributed by atoms with van der Waals surface area (Å²) in [5.41, 5.74) is 4.28. The van der Waals surface area contributed by atoms with Gasteiger partial charge in [0, 0.05) is 18.7 Å². The van der Waals surface area contributed by atoms with Crippen molar-refractivity contribution in [3.05, 3.63) is 59.7 Å². The molecule has 7 nitrogen and oxygen atoms in total. The van der Waals surface area contributed by atoms with Crippen molar-refractivity contribution in [1.29, 1.82) is 0 Å². The lowest BCUT2D eigenvalue weighted by Gasteiger charge is -2.15. The van der Waals surface area contributed by atoms with Gasteiger partial charge in [-0.2, -0.15) is 0 Å². The molecule has 2 amide bonds. The number of benzene rings is 2. The highest BCUT2D eigenvalue weighted by Gasteiger charge is 2.20. The molecule has 0 bridgehead atoms. The molecule has 0 spiro atoms. The predicted molar refractivity (Wildman–Crippen MR) is 126 cm³/mol. The van der Waals surface area contributed by atoms with Crippen LogP contribution in [0.25, 0.3) is 17.1 Å². The van der Waals surface area contributed by atoms with Crippen LogP contribution in [0, 0.1) is 13.8 Å². The fraction of sp³-hybridized carbons (Fsp3) is 0.333. The van der Waals surface area contributed by atoms with Crippen molar-refractivity contribution in [2.75, 3.05) is 25.4 Å². The Morgan fingerprint density at radius 2 is 1.75 bits per heavy atom. The summed E-state index contributed by atoms with van der Waals surface area (Å²) in [6.45, 7) is 5.75. The lowest BCUT2D eigenvalue weighted by Crippen LogP contribution is -2.39. The van der Waals surface area contributed by atoms with Gasteiger partial charge in [-0.15, -0.1) is 10.2 Å². The van der Waals surface area contributed by atoms with Gasteiger partial charge in [0.05, 0.1) is 18.0 Å². The van der Waals surface area contributed by atoms with Crippen LogP contribution in [0.2, 0.25) is 0 Å². The number of thioether (sulfide) groups is 1. The van der Waals surface area contributed by atoms with Gasteiger partial charge >= 0.3 is 0 Å². The fourth-order valence-electron chi connectivity index (χ4n) is 3.67. The third-order valence-electron chi connectivity index (χ3n) is 5.64. The molecule has 1 N–H and O–H groups in total. The third-order valence-corrected chi connectivity index (χ3v) is 6.57. The van der Waals surface area contributed by atoms with Crippen molar-refractivity contribution in [3.8, 4) is 17.1 Å². The quantitative estimate of drug-likeness (QED) is 0.560. The van der Waals surface area contributed by atoms with E-state index < -0.39 is 0 Å². The van der Waals surface area contributed by atoms with Crippen LogP contribution in [0.5, 0.6) is 0 Å². The van der Waals surface area contributed by atoms with E-state index in [9.17, 15) is 9.59 Å². The van der Waals surface area contributed by atoms with E-state index in [1.165, 1.54) is 22.9 Å². The van der Waals surface area contributed by atoms with E-state index in [0.717, 1.165) is 43.0 Å². The van der Waals surface area contributed by atoms with Crippen molar-refractivity contribution in [1.82, 2.24) is 25.0 Å². The van der Waals surface area contributed by atoms with Gasteiger partial charge in [0.15, 0.2) is 11.0 Å². The van der Waals surface area contributed by atoms with Crippen LogP contribution >= 0.6 is 11.8 Å². The average molecular weight is 450 g/mol. The van der Waals surface area contributed by atoms with Crippen LogP contribution in [0.4, 0.5) is 0 Å². The van der Waals surface area contributed by atoms with Gasteiger partial charge in [-0.3, -0.25) is 14.2 Å². The summed E-state index contributed by atoms with van der Waals surface area (Å²) in [5, 5.41) is 12.2. The number of carbonyl (C=O) groups is 2. The Morgan fingerprint density at radius 1 is 1.00 bits per heavy atom. The molecule has 1 saturated heterocycles. The third kappa shape index (κ3) is 5.02. The van der Waals surface area contributed by atoms with Crippen molar-refractivity contribution in [3.63, 3.8) is 0 Å². The first-order chi connectivity index (χ1) is 15.5. The molecule has 2 aromatic carbocycles. The monoisotopic (exact) mass is 449 g/mol. The Kier molecular flexibility index (Phi) is 6.90. The number of hydrogen-bond acceptors (Lipinski definition) is 5. The van der Waals surface area contributed by atoms with Crippen LogP contribution in [-0.4, -0.2) is 56.9 Å². The molecule has 32 heavy (non-hydrogen) atoms. The second kappa shape index (κ2) is 9.99. The number of nitrogens with zero attached hydrogens (tertiary/aromatic N) is 4. The van der Waals surface area contributed by atoms with Crippen molar-refractivity contribution in [2.24, 2.45) is 0 Å². The van der Waals surface area contributed by atoms with E-state index in [-0.39, 0.29) is 24.1 Å². The largest absolute Gasteiger partial charge is 0.346 e. The molecule has 166 valence electrons. The first-order valence-corrected chi connectivity index (χ1v) is 11.8. The maximum absolute atomic E-state index is 12.4. The first-order valence-electron chi connectivity index (χ1n) is 10.8. The Balaban J connectivity index is 1.50. The van der Waals surface area contributed by atoms with Crippen LogP contribution in [0.3, 0.4) is 0 Å². The zero-order chi connectivity index (χ0) is 22.5. The van der Waals surface area contributed by atoms with Crippen molar-refractivity contribution in [2.45, 2.75) is 31.8 Å². The van der Waals surface area contributed by atoms with Gasteiger partial charge < -0.3 is 10.2 Å². The molecule has 0 radical (unpaired) electrons. The van der Waals surface area contributed by atoms with E-state index in [0.29, 0.717) is 5.16 Å². The summed E-state index contributed by atoms with van der Waals surface area (Å²) in [4.78, 5) is 26.4. The Bertz CT molecular complexity index is 1110. The maximum Gasteiger partial charge on any atom is 0.241 e. The molecular weight excluding hydrogens is 422 g/mol. The molecule has 0 saturated carbocycles. The van der Waals surface area contributed by atoms with E-state index in [1.54, 1.807) is 4.90 Å². The zero-order valence-corrected chi connectivity index (χ0v) is 19.2. The number of rotatable bonds is 7. The van der Waals surface area contributed by atoms with E-state index in [1.807, 2.05) is 41.0 Å². The van der Waals surface area contributed by atoms with Crippen molar-refractivity contribution < 1.29 is 9.59 Å². The predicted octanol–water partition coefficient (Wildman–Crippen LogP) is 3.38. The summed E-state index contributed by atoms with van der Waals surface area (Å²) in [6.07, 6.45) is 2.07. The topological polar surface area (TPSA) is 80.1 Å².